The van der Waals surface area contributed by atoms with E-state index in [2.05, 4.69) is 10.3 Å². The normalized spacial score (nSPS) is 11.9. The number of anilines is 1. The molecule has 0 unspecified atom stereocenters. The number of rotatable bonds is 6. The van der Waals surface area contributed by atoms with Gasteiger partial charge in [0.25, 0.3) is 5.91 Å². The van der Waals surface area contributed by atoms with E-state index < -0.39 is 18.0 Å². The molecule has 1 atom stereocenters. The highest BCUT2D eigenvalue weighted by Gasteiger charge is 2.16. The molecule has 29 heavy (non-hydrogen) atoms. The molecule has 3 aromatic rings. The number of aromatic nitrogens is 1. The number of hydrogen-bond acceptors (Lipinski definition) is 5. The maximum absolute atomic E-state index is 12.2. The SMILES string of the molecule is CC(=O)c1ccc(NC(=O)[C@H](C)OC(=O)/C=C/c2ccc3ccccc3n2)cc1. The summed E-state index contributed by atoms with van der Waals surface area (Å²) in [5, 5.41) is 3.65. The molecule has 0 spiro atoms. The van der Waals surface area contributed by atoms with E-state index in [1.165, 1.54) is 19.9 Å². The minimum atomic E-state index is -0.982. The van der Waals surface area contributed by atoms with Crippen LogP contribution in [0.2, 0.25) is 0 Å². The number of nitrogens with one attached hydrogen (secondary N) is 1. The molecule has 1 amide bonds. The van der Waals surface area contributed by atoms with Crippen molar-refractivity contribution in [3.05, 3.63) is 78.0 Å². The zero-order chi connectivity index (χ0) is 20.8. The minimum Gasteiger partial charge on any atom is -0.449 e. The first-order chi connectivity index (χ1) is 13.9. The first kappa shape index (κ1) is 19.9. The lowest BCUT2D eigenvalue weighted by Gasteiger charge is -2.12. The molecule has 3 rings (SSSR count). The molecule has 0 radical (unpaired) electrons. The van der Waals surface area contributed by atoms with E-state index in [4.69, 9.17) is 4.74 Å². The highest BCUT2D eigenvalue weighted by atomic mass is 16.5. The average Bonchev–Trinajstić information content (AvgIpc) is 2.72. The maximum atomic E-state index is 12.2. The molecule has 6 nitrogen and oxygen atoms in total. The Morgan fingerprint density at radius 1 is 1.00 bits per heavy atom. The standard InChI is InChI=1S/C23H20N2O4/c1-15(26)17-7-10-20(11-8-17)25-23(28)16(2)29-22(27)14-13-19-12-9-18-5-3-4-6-21(18)24-19/h3-14,16H,1-2H3,(H,25,28)/b14-13+/t16-/m0/s1. The number of pyridine rings is 1. The van der Waals surface area contributed by atoms with Crippen LogP contribution in [0.5, 0.6) is 0 Å². The molecule has 1 aromatic heterocycles. The highest BCUT2D eigenvalue weighted by Crippen LogP contribution is 2.13. The smallest absolute Gasteiger partial charge is 0.331 e. The predicted octanol–water partition coefficient (Wildman–Crippen LogP) is 4.02. The number of ketones is 1. The monoisotopic (exact) mass is 388 g/mol. The molecular weight excluding hydrogens is 368 g/mol. The Morgan fingerprint density at radius 3 is 2.45 bits per heavy atom. The van der Waals surface area contributed by atoms with E-state index >= 15 is 0 Å². The predicted molar refractivity (Wildman–Crippen MR) is 111 cm³/mol. The first-order valence-electron chi connectivity index (χ1n) is 9.09. The third-order valence-corrected chi connectivity index (χ3v) is 4.23. The fourth-order valence-corrected chi connectivity index (χ4v) is 2.63. The molecule has 2 aromatic carbocycles. The summed E-state index contributed by atoms with van der Waals surface area (Å²) in [5.74, 6) is -1.17. The number of benzene rings is 2. The number of esters is 1. The summed E-state index contributed by atoms with van der Waals surface area (Å²) >= 11 is 0. The number of carbonyl (C=O) groups excluding carboxylic acids is 3. The molecule has 0 saturated carbocycles. The van der Waals surface area contributed by atoms with E-state index in [1.807, 2.05) is 30.3 Å². The van der Waals surface area contributed by atoms with Crippen molar-refractivity contribution in [3.8, 4) is 0 Å². The second kappa shape index (κ2) is 8.93. The van der Waals surface area contributed by atoms with Crippen molar-refractivity contribution in [1.29, 1.82) is 0 Å². The Kier molecular flexibility index (Phi) is 6.14. The molecule has 1 N–H and O–H groups in total. The van der Waals surface area contributed by atoms with Crippen molar-refractivity contribution >= 4 is 40.3 Å². The van der Waals surface area contributed by atoms with E-state index in [9.17, 15) is 14.4 Å². The van der Waals surface area contributed by atoms with Crippen LogP contribution >= 0.6 is 0 Å². The molecule has 0 aliphatic heterocycles. The molecule has 6 heteroatoms. The van der Waals surface area contributed by atoms with Crippen LogP contribution in [0, 0.1) is 0 Å². The van der Waals surface area contributed by atoms with Gasteiger partial charge in [-0.15, -0.1) is 0 Å². The molecule has 0 fully saturated rings. The zero-order valence-electron chi connectivity index (χ0n) is 16.1. The van der Waals surface area contributed by atoms with Crippen LogP contribution in [0.25, 0.3) is 17.0 Å². The van der Waals surface area contributed by atoms with Gasteiger partial charge in [-0.05, 0) is 56.3 Å². The van der Waals surface area contributed by atoms with Crippen LogP contribution in [0.4, 0.5) is 5.69 Å². The van der Waals surface area contributed by atoms with Gasteiger partial charge < -0.3 is 10.1 Å². The number of carbonyl (C=O) groups is 3. The summed E-state index contributed by atoms with van der Waals surface area (Å²) in [6.45, 7) is 2.95. The zero-order valence-corrected chi connectivity index (χ0v) is 16.1. The van der Waals surface area contributed by atoms with Crippen molar-refractivity contribution in [2.24, 2.45) is 0 Å². The Balaban J connectivity index is 1.56. The summed E-state index contributed by atoms with van der Waals surface area (Å²) < 4.78 is 5.14. The van der Waals surface area contributed by atoms with Crippen LogP contribution in [0.1, 0.15) is 29.9 Å². The average molecular weight is 388 g/mol. The Bertz CT molecular complexity index is 1090. The van der Waals surface area contributed by atoms with Gasteiger partial charge in [-0.1, -0.05) is 24.3 Å². The van der Waals surface area contributed by atoms with Crippen molar-refractivity contribution in [1.82, 2.24) is 4.98 Å². The lowest BCUT2D eigenvalue weighted by atomic mass is 10.1. The summed E-state index contributed by atoms with van der Waals surface area (Å²) in [5.41, 5.74) is 2.50. The number of hydrogen-bond donors (Lipinski definition) is 1. The summed E-state index contributed by atoms with van der Waals surface area (Å²) in [6, 6.07) is 17.9. The second-order valence-corrected chi connectivity index (χ2v) is 6.46. The van der Waals surface area contributed by atoms with Crippen molar-refractivity contribution in [3.63, 3.8) is 0 Å². The molecular formula is C23H20N2O4. The van der Waals surface area contributed by atoms with E-state index in [-0.39, 0.29) is 5.78 Å². The Labute approximate surface area is 168 Å². The first-order valence-corrected chi connectivity index (χ1v) is 9.09. The van der Waals surface area contributed by atoms with Gasteiger partial charge in [0.2, 0.25) is 0 Å². The van der Waals surface area contributed by atoms with Crippen molar-refractivity contribution in [2.45, 2.75) is 20.0 Å². The lowest BCUT2D eigenvalue weighted by Crippen LogP contribution is -2.29. The number of para-hydroxylation sites is 1. The van der Waals surface area contributed by atoms with Crippen LogP contribution in [-0.2, 0) is 14.3 Å². The number of nitrogens with zero attached hydrogens (tertiary/aromatic N) is 1. The van der Waals surface area contributed by atoms with Crippen LogP contribution in [0.15, 0.2) is 66.7 Å². The lowest BCUT2D eigenvalue weighted by molar-refractivity contribution is -0.148. The third kappa shape index (κ3) is 5.35. The fraction of sp³-hybridized carbons (Fsp3) is 0.130. The van der Waals surface area contributed by atoms with Gasteiger partial charge in [0.05, 0.1) is 11.2 Å². The van der Waals surface area contributed by atoms with Crippen molar-refractivity contribution in [2.75, 3.05) is 5.32 Å². The van der Waals surface area contributed by atoms with E-state index in [0.717, 1.165) is 10.9 Å². The Hall–Kier alpha value is -3.80. The summed E-state index contributed by atoms with van der Waals surface area (Å²) in [4.78, 5) is 39.9. The number of Topliss-reactive ketones (excluding diaryl/α,β-unsaturated/α-hetero) is 1. The number of amides is 1. The van der Waals surface area contributed by atoms with Gasteiger partial charge in [-0.3, -0.25) is 9.59 Å². The fourth-order valence-electron chi connectivity index (χ4n) is 2.63. The van der Waals surface area contributed by atoms with Crippen LogP contribution < -0.4 is 5.32 Å². The number of fused-ring (bicyclic) bond motifs is 1. The van der Waals surface area contributed by atoms with E-state index in [1.54, 1.807) is 36.4 Å². The molecule has 0 saturated heterocycles. The van der Waals surface area contributed by atoms with Gasteiger partial charge >= 0.3 is 5.97 Å². The molecule has 1 heterocycles. The maximum Gasteiger partial charge on any atom is 0.331 e. The largest absolute Gasteiger partial charge is 0.449 e. The summed E-state index contributed by atoms with van der Waals surface area (Å²) in [7, 11) is 0. The van der Waals surface area contributed by atoms with Crippen molar-refractivity contribution < 1.29 is 19.1 Å². The molecule has 0 aliphatic carbocycles. The molecule has 0 bridgehead atoms. The van der Waals surface area contributed by atoms with E-state index in [0.29, 0.717) is 16.9 Å². The van der Waals surface area contributed by atoms with Gasteiger partial charge in [0.1, 0.15) is 0 Å². The van der Waals surface area contributed by atoms with Gasteiger partial charge in [-0.25, -0.2) is 9.78 Å². The van der Waals surface area contributed by atoms with Gasteiger partial charge in [0.15, 0.2) is 11.9 Å². The molecule has 0 aliphatic rings. The number of ether oxygens (including phenoxy) is 1. The van der Waals surface area contributed by atoms with Crippen LogP contribution in [-0.4, -0.2) is 28.7 Å². The Morgan fingerprint density at radius 2 is 1.72 bits per heavy atom. The molecule has 146 valence electrons. The quantitative estimate of drug-likeness (QED) is 0.392. The second-order valence-electron chi connectivity index (χ2n) is 6.46. The van der Waals surface area contributed by atoms with Gasteiger partial charge in [-0.2, -0.15) is 0 Å². The summed E-state index contributed by atoms with van der Waals surface area (Å²) in [6.07, 6.45) is 1.80. The minimum absolute atomic E-state index is 0.0575. The van der Waals surface area contributed by atoms with Crippen LogP contribution in [0.3, 0.4) is 0 Å². The third-order valence-electron chi connectivity index (χ3n) is 4.23. The highest BCUT2D eigenvalue weighted by molar-refractivity contribution is 5.98. The van der Waals surface area contributed by atoms with Gasteiger partial charge in [0, 0.05) is 22.7 Å². The topological polar surface area (TPSA) is 85.4 Å².